The molecule has 0 spiro atoms. The third kappa shape index (κ3) is 3.64. The van der Waals surface area contributed by atoms with E-state index in [4.69, 9.17) is 9.26 Å². The van der Waals surface area contributed by atoms with Gasteiger partial charge in [0, 0.05) is 17.2 Å². The molecule has 1 N–H and O–H groups in total. The van der Waals surface area contributed by atoms with E-state index in [0.29, 0.717) is 11.4 Å². The lowest BCUT2D eigenvalue weighted by Gasteiger charge is -2.16. The van der Waals surface area contributed by atoms with Crippen LogP contribution >= 0.6 is 15.9 Å². The van der Waals surface area contributed by atoms with Crippen molar-refractivity contribution in [3.63, 3.8) is 0 Å². The molecule has 0 unspecified atom stereocenters. The molecule has 1 saturated carbocycles. The number of alkyl halides is 1. The molecular formula is C17H18BrNO4. The van der Waals surface area contributed by atoms with Crippen LogP contribution in [0.4, 0.5) is 0 Å². The molecule has 5 nitrogen and oxygen atoms in total. The molecule has 0 saturated heterocycles. The number of nitrogens with zero attached hydrogens (tertiary/aromatic N) is 1. The van der Waals surface area contributed by atoms with Crippen molar-refractivity contribution in [2.75, 3.05) is 5.33 Å². The van der Waals surface area contributed by atoms with E-state index in [2.05, 4.69) is 21.1 Å². The number of aromatic nitrogens is 1. The van der Waals surface area contributed by atoms with Gasteiger partial charge in [-0.25, -0.2) is 0 Å². The maximum absolute atomic E-state index is 11.6. The van der Waals surface area contributed by atoms with Crippen molar-refractivity contribution in [1.29, 1.82) is 0 Å². The molecule has 0 amide bonds. The lowest BCUT2D eigenvalue weighted by Crippen LogP contribution is -2.12. The van der Waals surface area contributed by atoms with Gasteiger partial charge in [-0.2, -0.15) is 0 Å². The second-order valence-electron chi connectivity index (χ2n) is 5.64. The number of ether oxygens (including phenoxy) is 1. The van der Waals surface area contributed by atoms with Crippen LogP contribution in [-0.4, -0.2) is 27.5 Å². The van der Waals surface area contributed by atoms with Gasteiger partial charge in [0.05, 0.1) is 18.0 Å². The number of benzene rings is 1. The Morgan fingerprint density at radius 2 is 2.13 bits per heavy atom. The van der Waals surface area contributed by atoms with Crippen molar-refractivity contribution in [3.05, 3.63) is 35.6 Å². The van der Waals surface area contributed by atoms with Crippen molar-refractivity contribution in [1.82, 2.24) is 5.16 Å². The standard InChI is InChI=1S/C17H18BrNO4/c18-9-15(21)17-8-14(19-23-17)11-5-6-12(10-20)16(7-11)22-13-3-1-2-4-13/h5-8,13,20H,1-4,9-10H2. The second kappa shape index (κ2) is 7.27. The highest BCUT2D eigenvalue weighted by atomic mass is 79.9. The summed E-state index contributed by atoms with van der Waals surface area (Å²) in [6.07, 6.45) is 4.66. The number of hydrogen-bond acceptors (Lipinski definition) is 5. The van der Waals surface area contributed by atoms with Crippen LogP contribution in [0, 0.1) is 0 Å². The molecule has 1 aliphatic rings. The van der Waals surface area contributed by atoms with Crippen molar-refractivity contribution in [2.45, 2.75) is 38.4 Å². The van der Waals surface area contributed by atoms with Gasteiger partial charge in [-0.15, -0.1) is 0 Å². The Morgan fingerprint density at radius 1 is 1.35 bits per heavy atom. The van der Waals surface area contributed by atoms with Crippen LogP contribution in [0.1, 0.15) is 41.8 Å². The fourth-order valence-electron chi connectivity index (χ4n) is 2.75. The summed E-state index contributed by atoms with van der Waals surface area (Å²) in [5.41, 5.74) is 2.13. The predicted octanol–water partition coefficient (Wildman–Crippen LogP) is 3.73. The number of carbonyl (C=O) groups is 1. The summed E-state index contributed by atoms with van der Waals surface area (Å²) in [7, 11) is 0. The zero-order valence-electron chi connectivity index (χ0n) is 12.6. The highest BCUT2D eigenvalue weighted by molar-refractivity contribution is 9.09. The largest absolute Gasteiger partial charge is 0.490 e. The average molecular weight is 380 g/mol. The maximum atomic E-state index is 11.6. The number of rotatable bonds is 6. The zero-order valence-corrected chi connectivity index (χ0v) is 14.2. The molecule has 1 aliphatic carbocycles. The molecule has 0 radical (unpaired) electrons. The number of carbonyl (C=O) groups excluding carboxylic acids is 1. The lowest BCUT2D eigenvalue weighted by molar-refractivity contribution is 0.0985. The molecule has 122 valence electrons. The van der Waals surface area contributed by atoms with E-state index in [1.165, 1.54) is 12.8 Å². The van der Waals surface area contributed by atoms with Crippen LogP contribution in [0.25, 0.3) is 11.3 Å². The van der Waals surface area contributed by atoms with Crippen molar-refractivity contribution >= 4 is 21.7 Å². The second-order valence-corrected chi connectivity index (χ2v) is 6.20. The normalized spacial score (nSPS) is 15.0. The first-order chi connectivity index (χ1) is 11.2. The SMILES string of the molecule is O=C(CBr)c1cc(-c2ccc(CO)c(OC3CCCC3)c2)no1. The minimum atomic E-state index is -0.154. The van der Waals surface area contributed by atoms with Gasteiger partial charge in [0.15, 0.2) is 0 Å². The molecule has 1 aromatic carbocycles. The van der Waals surface area contributed by atoms with Gasteiger partial charge < -0.3 is 14.4 Å². The summed E-state index contributed by atoms with van der Waals surface area (Å²) in [6, 6.07) is 7.13. The zero-order chi connectivity index (χ0) is 16.2. The summed E-state index contributed by atoms with van der Waals surface area (Å²) in [5.74, 6) is 0.743. The van der Waals surface area contributed by atoms with Crippen molar-refractivity contribution in [2.24, 2.45) is 0 Å². The van der Waals surface area contributed by atoms with Gasteiger partial charge in [0.25, 0.3) is 0 Å². The van der Waals surface area contributed by atoms with Gasteiger partial charge in [-0.05, 0) is 31.7 Å². The molecule has 1 heterocycles. The van der Waals surface area contributed by atoms with E-state index in [9.17, 15) is 9.90 Å². The molecule has 0 atom stereocenters. The van der Waals surface area contributed by atoms with E-state index in [0.717, 1.165) is 24.0 Å². The Bertz CT molecular complexity index is 692. The van der Waals surface area contributed by atoms with Gasteiger partial charge in [0.1, 0.15) is 11.4 Å². The summed E-state index contributed by atoms with van der Waals surface area (Å²) in [5, 5.41) is 13.6. The first-order valence-electron chi connectivity index (χ1n) is 7.68. The molecule has 2 aromatic rings. The van der Waals surface area contributed by atoms with E-state index < -0.39 is 0 Å². The molecule has 1 fully saturated rings. The fraction of sp³-hybridized carbons (Fsp3) is 0.412. The molecule has 3 rings (SSSR count). The lowest BCUT2D eigenvalue weighted by atomic mass is 10.1. The summed E-state index contributed by atoms with van der Waals surface area (Å²) >= 11 is 3.11. The number of hydrogen-bond donors (Lipinski definition) is 1. The fourth-order valence-corrected chi connectivity index (χ4v) is 3.02. The number of aliphatic hydroxyl groups excluding tert-OH is 1. The van der Waals surface area contributed by atoms with Gasteiger partial charge >= 0.3 is 0 Å². The van der Waals surface area contributed by atoms with Crippen LogP contribution in [0.2, 0.25) is 0 Å². The predicted molar refractivity (Wildman–Crippen MR) is 88.9 cm³/mol. The van der Waals surface area contributed by atoms with Gasteiger partial charge in [-0.3, -0.25) is 4.79 Å². The van der Waals surface area contributed by atoms with Crippen LogP contribution < -0.4 is 4.74 Å². The Hall–Kier alpha value is -1.66. The number of aliphatic hydroxyl groups is 1. The Kier molecular flexibility index (Phi) is 5.13. The van der Waals surface area contributed by atoms with E-state index in [1.807, 2.05) is 18.2 Å². The third-order valence-corrected chi connectivity index (χ3v) is 4.54. The first-order valence-corrected chi connectivity index (χ1v) is 8.80. The molecule has 0 bridgehead atoms. The number of halogens is 1. The molecular weight excluding hydrogens is 362 g/mol. The van der Waals surface area contributed by atoms with Crippen molar-refractivity contribution in [3.8, 4) is 17.0 Å². The summed E-state index contributed by atoms with van der Waals surface area (Å²) in [4.78, 5) is 11.6. The van der Waals surface area contributed by atoms with Crippen LogP contribution in [0.5, 0.6) is 5.75 Å². The molecule has 1 aromatic heterocycles. The van der Waals surface area contributed by atoms with Gasteiger partial charge in [0.2, 0.25) is 11.5 Å². The smallest absolute Gasteiger partial charge is 0.211 e. The van der Waals surface area contributed by atoms with E-state index in [-0.39, 0.29) is 29.6 Å². The van der Waals surface area contributed by atoms with Gasteiger partial charge in [-0.1, -0.05) is 33.2 Å². The third-order valence-electron chi connectivity index (χ3n) is 4.04. The van der Waals surface area contributed by atoms with Crippen LogP contribution in [0.15, 0.2) is 28.8 Å². The molecule has 6 heteroatoms. The maximum Gasteiger partial charge on any atom is 0.211 e. The summed E-state index contributed by atoms with van der Waals surface area (Å²) in [6.45, 7) is -0.0749. The minimum Gasteiger partial charge on any atom is -0.490 e. The molecule has 0 aliphatic heterocycles. The highest BCUT2D eigenvalue weighted by Gasteiger charge is 2.19. The van der Waals surface area contributed by atoms with Crippen LogP contribution in [-0.2, 0) is 6.61 Å². The van der Waals surface area contributed by atoms with E-state index in [1.54, 1.807) is 6.07 Å². The van der Waals surface area contributed by atoms with E-state index >= 15 is 0 Å². The number of Topliss-reactive ketones (excluding diaryl/α,β-unsaturated/α-hetero) is 1. The average Bonchev–Trinajstić information content (AvgIpc) is 3.25. The summed E-state index contributed by atoms with van der Waals surface area (Å²) < 4.78 is 11.1. The van der Waals surface area contributed by atoms with Crippen LogP contribution in [0.3, 0.4) is 0 Å². The monoisotopic (exact) mass is 379 g/mol. The highest BCUT2D eigenvalue weighted by Crippen LogP contribution is 2.31. The Labute approximate surface area is 142 Å². The topological polar surface area (TPSA) is 72.6 Å². The Morgan fingerprint density at radius 3 is 2.83 bits per heavy atom. The number of ketones is 1. The quantitative estimate of drug-likeness (QED) is 0.611. The van der Waals surface area contributed by atoms with Crippen molar-refractivity contribution < 1.29 is 19.2 Å². The first kappa shape index (κ1) is 16.2. The minimum absolute atomic E-state index is 0.0749. The Balaban J connectivity index is 1.87. The molecule has 23 heavy (non-hydrogen) atoms.